The number of hydrogen-bond donors (Lipinski definition) is 2. The molecule has 0 bridgehead atoms. The minimum Gasteiger partial charge on any atom is -0.495 e. The molecule has 1 aliphatic rings. The van der Waals surface area contributed by atoms with Gasteiger partial charge in [-0.3, -0.25) is 0 Å². The molecule has 2 rings (SSSR count). The molecule has 1 aromatic rings. The van der Waals surface area contributed by atoms with Gasteiger partial charge in [-0.15, -0.1) is 0 Å². The number of hydrogen-bond acceptors (Lipinski definition) is 3. The van der Waals surface area contributed by atoms with Gasteiger partial charge in [0.15, 0.2) is 0 Å². The van der Waals surface area contributed by atoms with Crippen molar-refractivity contribution in [2.75, 3.05) is 12.8 Å². The summed E-state index contributed by atoms with van der Waals surface area (Å²) in [4.78, 5) is 0. The summed E-state index contributed by atoms with van der Waals surface area (Å²) in [6, 6.07) is 4.07. The topological polar surface area (TPSA) is 61.3 Å². The number of fused-ring (bicyclic) bond motifs is 1. The number of ether oxygens (including phenoxy) is 1. The molecule has 1 aliphatic carbocycles. The van der Waals surface area contributed by atoms with Crippen molar-refractivity contribution in [1.82, 2.24) is 0 Å². The highest BCUT2D eigenvalue weighted by Crippen LogP contribution is 2.37. The predicted molar refractivity (Wildman–Crippen MR) is 57.3 cm³/mol. The van der Waals surface area contributed by atoms with Crippen LogP contribution in [0.1, 0.15) is 30.0 Å². The van der Waals surface area contributed by atoms with Gasteiger partial charge in [-0.2, -0.15) is 0 Å². The highest BCUT2D eigenvalue weighted by atomic mass is 16.5. The fraction of sp³-hybridized carbons (Fsp3) is 0.455. The van der Waals surface area contributed by atoms with Gasteiger partial charge < -0.3 is 16.2 Å². The van der Waals surface area contributed by atoms with Gasteiger partial charge in [0.1, 0.15) is 5.75 Å². The maximum atomic E-state index is 6.04. The molecule has 0 saturated heterocycles. The van der Waals surface area contributed by atoms with Crippen LogP contribution in [0.25, 0.3) is 0 Å². The van der Waals surface area contributed by atoms with E-state index in [1.165, 1.54) is 5.56 Å². The smallest absolute Gasteiger partial charge is 0.142 e. The van der Waals surface area contributed by atoms with Crippen molar-refractivity contribution in [2.45, 2.75) is 25.3 Å². The minimum absolute atomic E-state index is 0.0776. The third kappa shape index (κ3) is 1.34. The predicted octanol–water partition coefficient (Wildman–Crippen LogP) is 1.61. The second kappa shape index (κ2) is 3.50. The average Bonchev–Trinajstić information content (AvgIpc) is 2.18. The molecule has 0 amide bonds. The molecule has 0 fully saturated rings. The Kier molecular flexibility index (Phi) is 2.33. The molecule has 0 aromatic heterocycles. The molecule has 1 aromatic carbocycles. The summed E-state index contributed by atoms with van der Waals surface area (Å²) < 4.78 is 5.18. The van der Waals surface area contributed by atoms with E-state index in [0.29, 0.717) is 0 Å². The zero-order chi connectivity index (χ0) is 10.1. The third-order valence-corrected chi connectivity index (χ3v) is 2.89. The van der Waals surface area contributed by atoms with Crippen molar-refractivity contribution in [2.24, 2.45) is 5.73 Å². The Balaban J connectivity index is 2.54. The van der Waals surface area contributed by atoms with Crippen molar-refractivity contribution in [3.63, 3.8) is 0 Å². The summed E-state index contributed by atoms with van der Waals surface area (Å²) in [5, 5.41) is 0. The van der Waals surface area contributed by atoms with Crippen LogP contribution in [0.15, 0.2) is 12.1 Å². The van der Waals surface area contributed by atoms with Crippen LogP contribution < -0.4 is 16.2 Å². The molecular formula is C11H16N2O. The highest BCUT2D eigenvalue weighted by Gasteiger charge is 2.21. The summed E-state index contributed by atoms with van der Waals surface area (Å²) >= 11 is 0. The largest absolute Gasteiger partial charge is 0.495 e. The fourth-order valence-electron chi connectivity index (χ4n) is 2.15. The van der Waals surface area contributed by atoms with Gasteiger partial charge >= 0.3 is 0 Å². The number of aryl methyl sites for hydroxylation is 1. The van der Waals surface area contributed by atoms with E-state index in [1.807, 2.05) is 6.07 Å². The zero-order valence-electron chi connectivity index (χ0n) is 8.42. The molecule has 3 nitrogen and oxygen atoms in total. The molecule has 3 heteroatoms. The quantitative estimate of drug-likeness (QED) is 0.664. The molecule has 0 unspecified atom stereocenters. The van der Waals surface area contributed by atoms with Crippen molar-refractivity contribution in [1.29, 1.82) is 0 Å². The first-order valence-corrected chi connectivity index (χ1v) is 4.95. The van der Waals surface area contributed by atoms with E-state index in [-0.39, 0.29) is 6.04 Å². The lowest BCUT2D eigenvalue weighted by Gasteiger charge is -2.24. The molecule has 76 valence electrons. The summed E-state index contributed by atoms with van der Waals surface area (Å²) in [5.41, 5.74) is 15.1. The van der Waals surface area contributed by atoms with Gasteiger partial charge in [0.2, 0.25) is 0 Å². The highest BCUT2D eigenvalue weighted by molar-refractivity contribution is 5.63. The van der Waals surface area contributed by atoms with Crippen LogP contribution >= 0.6 is 0 Å². The van der Waals surface area contributed by atoms with E-state index in [0.717, 1.165) is 36.3 Å². The second-order valence-electron chi connectivity index (χ2n) is 3.75. The third-order valence-electron chi connectivity index (χ3n) is 2.89. The van der Waals surface area contributed by atoms with E-state index in [4.69, 9.17) is 16.2 Å². The Morgan fingerprint density at radius 2 is 2.21 bits per heavy atom. The maximum Gasteiger partial charge on any atom is 0.142 e. The fourth-order valence-corrected chi connectivity index (χ4v) is 2.15. The van der Waals surface area contributed by atoms with Gasteiger partial charge in [-0.05, 0) is 36.5 Å². The lowest BCUT2D eigenvalue weighted by Crippen LogP contribution is -2.19. The Morgan fingerprint density at radius 3 is 2.93 bits per heavy atom. The summed E-state index contributed by atoms with van der Waals surface area (Å²) in [7, 11) is 1.63. The number of nitrogen functional groups attached to an aromatic ring is 1. The number of rotatable bonds is 1. The minimum atomic E-state index is 0.0776. The molecule has 4 N–H and O–H groups in total. The molecule has 0 aliphatic heterocycles. The van der Waals surface area contributed by atoms with Crippen LogP contribution in [0.3, 0.4) is 0 Å². The van der Waals surface area contributed by atoms with Crippen molar-refractivity contribution < 1.29 is 4.74 Å². The number of benzene rings is 1. The molecule has 0 saturated carbocycles. The lowest BCUT2D eigenvalue weighted by atomic mass is 9.87. The first-order valence-electron chi connectivity index (χ1n) is 4.95. The normalized spacial score (nSPS) is 20.3. The molecular weight excluding hydrogens is 176 g/mol. The van der Waals surface area contributed by atoms with Gasteiger partial charge in [0.25, 0.3) is 0 Å². The van der Waals surface area contributed by atoms with Crippen LogP contribution in [0.2, 0.25) is 0 Å². The van der Waals surface area contributed by atoms with Gasteiger partial charge in [0.05, 0.1) is 12.8 Å². The Bertz CT molecular complexity index is 349. The lowest BCUT2D eigenvalue weighted by molar-refractivity contribution is 0.415. The van der Waals surface area contributed by atoms with Crippen molar-refractivity contribution in [3.05, 3.63) is 23.3 Å². The standard InChI is InChI=1S/C11H16N2O/c1-14-9-6-5-7-3-2-4-8(12)10(7)11(9)13/h5-6,8H,2-4,12-13H2,1H3/t8-/m0/s1. The van der Waals surface area contributed by atoms with E-state index in [1.54, 1.807) is 7.11 Å². The molecule has 0 heterocycles. The summed E-state index contributed by atoms with van der Waals surface area (Å²) in [6.07, 6.45) is 3.25. The number of nitrogens with two attached hydrogens (primary N) is 2. The van der Waals surface area contributed by atoms with Crippen molar-refractivity contribution in [3.8, 4) is 5.75 Å². The van der Waals surface area contributed by atoms with Crippen LogP contribution in [0, 0.1) is 0 Å². The number of anilines is 1. The monoisotopic (exact) mass is 192 g/mol. The van der Waals surface area contributed by atoms with Crippen LogP contribution in [0.5, 0.6) is 5.75 Å². The molecule has 14 heavy (non-hydrogen) atoms. The molecule has 0 radical (unpaired) electrons. The van der Waals surface area contributed by atoms with E-state index >= 15 is 0 Å². The molecule has 0 spiro atoms. The Labute approximate surface area is 84.0 Å². The van der Waals surface area contributed by atoms with E-state index < -0.39 is 0 Å². The summed E-state index contributed by atoms with van der Waals surface area (Å²) in [6.45, 7) is 0. The zero-order valence-corrected chi connectivity index (χ0v) is 8.42. The summed E-state index contributed by atoms with van der Waals surface area (Å²) in [5.74, 6) is 0.737. The Hall–Kier alpha value is -1.22. The van der Waals surface area contributed by atoms with E-state index in [2.05, 4.69) is 6.07 Å². The van der Waals surface area contributed by atoms with Gasteiger partial charge in [0, 0.05) is 6.04 Å². The maximum absolute atomic E-state index is 6.04. The van der Waals surface area contributed by atoms with Crippen LogP contribution in [-0.2, 0) is 6.42 Å². The average molecular weight is 192 g/mol. The number of methoxy groups -OCH3 is 1. The second-order valence-corrected chi connectivity index (χ2v) is 3.75. The van der Waals surface area contributed by atoms with E-state index in [9.17, 15) is 0 Å². The Morgan fingerprint density at radius 1 is 1.43 bits per heavy atom. The van der Waals surface area contributed by atoms with Crippen LogP contribution in [0.4, 0.5) is 5.69 Å². The molecule has 1 atom stereocenters. The first-order chi connectivity index (χ1) is 6.74. The van der Waals surface area contributed by atoms with Gasteiger partial charge in [-0.1, -0.05) is 6.07 Å². The van der Waals surface area contributed by atoms with Crippen LogP contribution in [-0.4, -0.2) is 7.11 Å². The van der Waals surface area contributed by atoms with Gasteiger partial charge in [-0.25, -0.2) is 0 Å². The first kappa shape index (κ1) is 9.34. The van der Waals surface area contributed by atoms with Crippen molar-refractivity contribution >= 4 is 5.69 Å². The SMILES string of the molecule is COc1ccc2c(c1N)[C@@H](N)CCC2.